The zero-order valence-electron chi connectivity index (χ0n) is 14.2. The van der Waals surface area contributed by atoms with Gasteiger partial charge in [0, 0.05) is 9.90 Å². The van der Waals surface area contributed by atoms with Crippen molar-refractivity contribution in [3.63, 3.8) is 0 Å². The van der Waals surface area contributed by atoms with Crippen LogP contribution in [0.4, 0.5) is 5.00 Å². The second kappa shape index (κ2) is 8.41. The summed E-state index contributed by atoms with van der Waals surface area (Å²) < 4.78 is 10.1. The van der Waals surface area contributed by atoms with E-state index in [1.54, 1.807) is 24.3 Å². The van der Waals surface area contributed by atoms with Crippen LogP contribution < -0.4 is 15.8 Å². The van der Waals surface area contributed by atoms with Crippen molar-refractivity contribution in [2.24, 2.45) is 5.73 Å². The van der Waals surface area contributed by atoms with Gasteiger partial charge in [-0.15, -0.1) is 11.3 Å². The number of aryl methyl sites for hydroxylation is 1. The van der Waals surface area contributed by atoms with Crippen molar-refractivity contribution in [3.8, 4) is 5.75 Å². The van der Waals surface area contributed by atoms with Crippen molar-refractivity contribution in [2.75, 3.05) is 18.5 Å². The molecule has 9 heteroatoms. The number of nitrogens with one attached hydrogen (secondary N) is 1. The van der Waals surface area contributed by atoms with Gasteiger partial charge in [0.2, 0.25) is 0 Å². The van der Waals surface area contributed by atoms with E-state index in [4.69, 9.17) is 26.8 Å². The van der Waals surface area contributed by atoms with E-state index in [2.05, 4.69) is 5.32 Å². The van der Waals surface area contributed by atoms with Gasteiger partial charge in [-0.1, -0.05) is 11.6 Å². The van der Waals surface area contributed by atoms with Crippen molar-refractivity contribution in [3.05, 3.63) is 45.3 Å². The average molecular weight is 409 g/mol. The Morgan fingerprint density at radius 2 is 1.89 bits per heavy atom. The molecule has 1 aliphatic rings. The zero-order valence-corrected chi connectivity index (χ0v) is 15.8. The number of thiophene rings is 1. The van der Waals surface area contributed by atoms with Gasteiger partial charge in [0.15, 0.2) is 13.2 Å². The average Bonchev–Trinajstić information content (AvgIpc) is 3.19. The number of carbonyl (C=O) groups is 3. The Morgan fingerprint density at radius 1 is 1.15 bits per heavy atom. The molecule has 0 aliphatic heterocycles. The standard InChI is InChI=1S/C18H17ClN2O5S/c19-10-4-6-11(7-5-10)25-9-15(23)26-8-14(22)21-18-16(17(20)24)12-2-1-3-13(12)27-18/h4-7H,1-3,8-9H2,(H2,20,24)(H,21,22). The lowest BCUT2D eigenvalue weighted by atomic mass is 10.1. The zero-order chi connectivity index (χ0) is 19.4. The number of amides is 2. The van der Waals surface area contributed by atoms with E-state index in [1.807, 2.05) is 0 Å². The number of anilines is 1. The first-order chi connectivity index (χ1) is 12.9. The highest BCUT2D eigenvalue weighted by Crippen LogP contribution is 2.38. The minimum atomic E-state index is -0.691. The smallest absolute Gasteiger partial charge is 0.344 e. The lowest BCUT2D eigenvalue weighted by Gasteiger charge is -2.08. The summed E-state index contributed by atoms with van der Waals surface area (Å²) in [5.41, 5.74) is 6.71. The molecular formula is C18H17ClN2O5S. The molecule has 1 heterocycles. The molecule has 27 heavy (non-hydrogen) atoms. The normalized spacial score (nSPS) is 12.3. The van der Waals surface area contributed by atoms with Crippen molar-refractivity contribution in [1.29, 1.82) is 0 Å². The van der Waals surface area contributed by atoms with Gasteiger partial charge in [0.05, 0.1) is 5.56 Å². The molecule has 0 saturated heterocycles. The lowest BCUT2D eigenvalue weighted by molar-refractivity contribution is -0.149. The molecule has 0 spiro atoms. The van der Waals surface area contributed by atoms with Crippen LogP contribution in [-0.4, -0.2) is 31.0 Å². The second-order valence-electron chi connectivity index (χ2n) is 5.88. The summed E-state index contributed by atoms with van der Waals surface area (Å²) >= 11 is 7.10. The number of hydrogen-bond donors (Lipinski definition) is 2. The van der Waals surface area contributed by atoms with Crippen molar-refractivity contribution >= 4 is 45.7 Å². The topological polar surface area (TPSA) is 108 Å². The molecule has 0 bridgehead atoms. The van der Waals surface area contributed by atoms with Crippen LogP contribution in [0.1, 0.15) is 27.2 Å². The summed E-state index contributed by atoms with van der Waals surface area (Å²) in [6, 6.07) is 6.49. The number of ether oxygens (including phenoxy) is 2. The molecule has 0 radical (unpaired) electrons. The highest BCUT2D eigenvalue weighted by molar-refractivity contribution is 7.17. The molecule has 3 N–H and O–H groups in total. The van der Waals surface area contributed by atoms with Crippen LogP contribution in [0.2, 0.25) is 5.02 Å². The molecule has 0 saturated carbocycles. The van der Waals surface area contributed by atoms with Gasteiger partial charge in [0.25, 0.3) is 11.8 Å². The first-order valence-electron chi connectivity index (χ1n) is 8.22. The van der Waals surface area contributed by atoms with Crippen molar-refractivity contribution in [1.82, 2.24) is 0 Å². The maximum atomic E-state index is 12.0. The summed E-state index contributed by atoms with van der Waals surface area (Å²) in [5.74, 6) is -1.35. The van der Waals surface area contributed by atoms with Gasteiger partial charge in [0.1, 0.15) is 10.8 Å². The quantitative estimate of drug-likeness (QED) is 0.684. The predicted molar refractivity (Wildman–Crippen MR) is 101 cm³/mol. The van der Waals surface area contributed by atoms with E-state index in [0.717, 1.165) is 29.7 Å². The summed E-state index contributed by atoms with van der Waals surface area (Å²) in [7, 11) is 0. The summed E-state index contributed by atoms with van der Waals surface area (Å²) in [4.78, 5) is 36.5. The molecule has 2 aromatic rings. The molecule has 2 amide bonds. The SMILES string of the molecule is NC(=O)c1c(NC(=O)COC(=O)COc2ccc(Cl)cc2)sc2c1CCC2. The number of primary amides is 1. The van der Waals surface area contributed by atoms with Crippen molar-refractivity contribution < 1.29 is 23.9 Å². The Kier molecular flexibility index (Phi) is 5.98. The third-order valence-electron chi connectivity index (χ3n) is 3.96. The summed E-state index contributed by atoms with van der Waals surface area (Å²) in [6.45, 7) is -0.821. The van der Waals surface area contributed by atoms with Gasteiger partial charge >= 0.3 is 5.97 Å². The van der Waals surface area contributed by atoms with Crippen LogP contribution >= 0.6 is 22.9 Å². The van der Waals surface area contributed by atoms with Crippen LogP contribution in [0, 0.1) is 0 Å². The fourth-order valence-electron chi connectivity index (χ4n) is 2.78. The molecule has 1 aromatic carbocycles. The number of esters is 1. The summed E-state index contributed by atoms with van der Waals surface area (Å²) in [6.07, 6.45) is 2.62. The van der Waals surface area contributed by atoms with Crippen LogP contribution in [0.25, 0.3) is 0 Å². The van der Waals surface area contributed by atoms with Gasteiger partial charge in [-0.05, 0) is 49.1 Å². The van der Waals surface area contributed by atoms with Crippen LogP contribution in [0.5, 0.6) is 5.75 Å². The maximum absolute atomic E-state index is 12.0. The number of benzene rings is 1. The predicted octanol–water partition coefficient (Wildman–Crippen LogP) is 2.55. The molecule has 0 atom stereocenters. The number of hydrogen-bond acceptors (Lipinski definition) is 6. The van der Waals surface area contributed by atoms with Crippen LogP contribution in [0.15, 0.2) is 24.3 Å². The minimum absolute atomic E-state index is 0.339. The Labute approximate surface area is 164 Å². The van der Waals surface area contributed by atoms with Crippen LogP contribution in [-0.2, 0) is 27.2 Å². The number of carbonyl (C=O) groups excluding carboxylic acids is 3. The molecule has 142 valence electrons. The van der Waals surface area contributed by atoms with Gasteiger partial charge in [-0.25, -0.2) is 4.79 Å². The fourth-order valence-corrected chi connectivity index (χ4v) is 4.21. The summed E-state index contributed by atoms with van der Waals surface area (Å²) in [5, 5.41) is 3.56. The largest absolute Gasteiger partial charge is 0.482 e. The van der Waals surface area contributed by atoms with Gasteiger partial charge in [-0.2, -0.15) is 0 Å². The Balaban J connectivity index is 1.49. The first-order valence-corrected chi connectivity index (χ1v) is 9.41. The third-order valence-corrected chi connectivity index (χ3v) is 5.41. The van der Waals surface area contributed by atoms with Gasteiger partial charge in [-0.3, -0.25) is 9.59 Å². The fraction of sp³-hybridized carbons (Fsp3) is 0.278. The number of nitrogens with two attached hydrogens (primary N) is 1. The number of halogens is 1. The molecule has 1 aliphatic carbocycles. The Hall–Kier alpha value is -2.58. The monoisotopic (exact) mass is 408 g/mol. The van der Waals surface area contributed by atoms with E-state index in [-0.39, 0.29) is 6.61 Å². The Morgan fingerprint density at radius 3 is 2.59 bits per heavy atom. The molecular weight excluding hydrogens is 392 g/mol. The highest BCUT2D eigenvalue weighted by Gasteiger charge is 2.26. The van der Waals surface area contributed by atoms with E-state index in [1.165, 1.54) is 11.3 Å². The molecule has 0 unspecified atom stereocenters. The van der Waals surface area contributed by atoms with Crippen molar-refractivity contribution in [2.45, 2.75) is 19.3 Å². The van der Waals surface area contributed by atoms with E-state index >= 15 is 0 Å². The minimum Gasteiger partial charge on any atom is -0.482 e. The molecule has 1 aromatic heterocycles. The van der Waals surface area contributed by atoms with E-state index in [0.29, 0.717) is 21.3 Å². The maximum Gasteiger partial charge on any atom is 0.344 e. The number of rotatable bonds is 7. The van der Waals surface area contributed by atoms with Gasteiger partial charge < -0.3 is 20.5 Å². The molecule has 0 fully saturated rings. The molecule has 7 nitrogen and oxygen atoms in total. The van der Waals surface area contributed by atoms with E-state index in [9.17, 15) is 14.4 Å². The first kappa shape index (κ1) is 19.2. The molecule has 3 rings (SSSR count). The van der Waals surface area contributed by atoms with Crippen LogP contribution in [0.3, 0.4) is 0 Å². The second-order valence-corrected chi connectivity index (χ2v) is 7.42. The Bertz CT molecular complexity index is 879. The third kappa shape index (κ3) is 4.78. The van der Waals surface area contributed by atoms with E-state index < -0.39 is 24.4 Å². The number of fused-ring (bicyclic) bond motifs is 1. The highest BCUT2D eigenvalue weighted by atomic mass is 35.5. The lowest BCUT2D eigenvalue weighted by Crippen LogP contribution is -2.24.